The fourth-order valence-corrected chi connectivity index (χ4v) is 3.36. The summed E-state index contributed by atoms with van der Waals surface area (Å²) in [4.78, 5) is 21.1. The fraction of sp³-hybridized carbons (Fsp3) is 0.900. The third kappa shape index (κ3) is 19.1. The summed E-state index contributed by atoms with van der Waals surface area (Å²) in [5.74, 6) is 0. The van der Waals surface area contributed by atoms with Gasteiger partial charge in [-0.1, -0.05) is 83.3 Å². The minimum absolute atomic E-state index is 0. The van der Waals surface area contributed by atoms with E-state index in [4.69, 9.17) is 4.89 Å². The molecule has 7 nitrogen and oxygen atoms in total. The summed E-state index contributed by atoms with van der Waals surface area (Å²) in [6, 6.07) is -0.534. The number of hydrogen-bond donors (Lipinski definition) is 3. The molecule has 170 valence electrons. The summed E-state index contributed by atoms with van der Waals surface area (Å²) in [6.45, 7) is 1.96. The lowest BCUT2D eigenvalue weighted by Gasteiger charge is -2.29. The number of nitrogens with zero attached hydrogens (tertiary/aromatic N) is 1. The van der Waals surface area contributed by atoms with Crippen LogP contribution in [0.3, 0.4) is 0 Å². The molecule has 0 aromatic heterocycles. The van der Waals surface area contributed by atoms with Gasteiger partial charge in [-0.2, -0.15) is 0 Å². The van der Waals surface area contributed by atoms with Gasteiger partial charge in [0.2, 0.25) is 0 Å². The largest absolute Gasteiger partial charge is 0.756 e. The molecule has 5 N–H and O–H groups in total. The van der Waals surface area contributed by atoms with Crippen LogP contribution in [0, 0.1) is 0 Å². The maximum Gasteiger partial charge on any atom is 0.265 e. The van der Waals surface area contributed by atoms with Gasteiger partial charge >= 0.3 is 0 Å². The van der Waals surface area contributed by atoms with Gasteiger partial charge in [-0.25, -0.2) is 0 Å². The van der Waals surface area contributed by atoms with Crippen molar-refractivity contribution in [3.05, 3.63) is 12.2 Å². The molecule has 0 bridgehead atoms. The van der Waals surface area contributed by atoms with Gasteiger partial charge in [0.05, 0.1) is 18.8 Å². The van der Waals surface area contributed by atoms with E-state index in [2.05, 4.69) is 11.4 Å². The summed E-state index contributed by atoms with van der Waals surface area (Å²) < 4.78 is 15.1. The zero-order valence-corrected chi connectivity index (χ0v) is 19.1. The van der Waals surface area contributed by atoms with E-state index in [1.54, 1.807) is 25.1 Å². The molecule has 0 aliphatic carbocycles. The van der Waals surface area contributed by atoms with Crippen LogP contribution in [0.2, 0.25) is 0 Å². The average Bonchev–Trinajstić information content (AvgIpc) is 2.57. The van der Waals surface area contributed by atoms with Gasteiger partial charge in [0, 0.05) is 0 Å². The Hall–Kier alpha value is -0.270. The maximum atomic E-state index is 10.7. The fourth-order valence-electron chi connectivity index (χ4n) is 3.01. The number of unbranched alkanes of at least 4 members (excludes halogenated alkanes) is 11. The minimum atomic E-state index is -4.77. The molecule has 0 amide bonds. The third-order valence-corrected chi connectivity index (χ3v) is 5.25. The molecule has 0 fully saturated rings. The normalized spacial score (nSPS) is 16.1. The molecule has 3 atom stereocenters. The van der Waals surface area contributed by atoms with Crippen LogP contribution >= 0.6 is 7.82 Å². The van der Waals surface area contributed by atoms with Gasteiger partial charge in [-0.15, -0.1) is 0 Å². The summed E-state index contributed by atoms with van der Waals surface area (Å²) in [5.41, 5.74) is 0. The van der Waals surface area contributed by atoms with E-state index in [0.717, 1.165) is 12.8 Å². The average molecular weight is 424 g/mol. The lowest BCUT2D eigenvalue weighted by molar-refractivity contribution is -0.221. The highest BCUT2D eigenvalue weighted by Gasteiger charge is 2.21. The Balaban J connectivity index is 0. The summed E-state index contributed by atoms with van der Waals surface area (Å²) in [5, 5.41) is 10.2. The Kier molecular flexibility index (Phi) is 20.0. The van der Waals surface area contributed by atoms with Gasteiger partial charge < -0.3 is 30.5 Å². The predicted octanol–water partition coefficient (Wildman–Crippen LogP) is 4.17. The van der Waals surface area contributed by atoms with Crippen molar-refractivity contribution in [3.63, 3.8) is 0 Å². The highest BCUT2D eigenvalue weighted by molar-refractivity contribution is 7.44. The Morgan fingerprint density at radius 1 is 1.00 bits per heavy atom. The number of likely N-dealkylation sites (N-methyl/N-ethyl adjacent to an activating group) is 1. The number of aliphatic hydroxyl groups is 1. The van der Waals surface area contributed by atoms with Gasteiger partial charge in [0.15, 0.2) is 0 Å². The second kappa shape index (κ2) is 18.7. The van der Waals surface area contributed by atoms with Crippen molar-refractivity contribution < 1.29 is 24.0 Å². The Morgan fingerprint density at radius 3 is 1.89 bits per heavy atom. The number of hydrogen-bond acceptors (Lipinski definition) is 6. The van der Waals surface area contributed by atoms with Gasteiger partial charge in [0.1, 0.15) is 0 Å². The van der Waals surface area contributed by atoms with Crippen molar-refractivity contribution in [1.29, 1.82) is 0 Å². The molecule has 0 aliphatic rings. The molecule has 28 heavy (non-hydrogen) atoms. The second-order valence-corrected chi connectivity index (χ2v) is 8.73. The van der Waals surface area contributed by atoms with Gasteiger partial charge in [-0.3, -0.25) is 4.57 Å². The lowest BCUT2D eigenvalue weighted by atomic mass is 10.0. The molecule has 0 spiro atoms. The van der Waals surface area contributed by atoms with E-state index in [0.29, 0.717) is 0 Å². The first-order valence-electron chi connectivity index (χ1n) is 10.5. The first-order chi connectivity index (χ1) is 12.8. The molecule has 8 heteroatoms. The number of rotatable bonds is 18. The molecule has 0 aromatic rings. The van der Waals surface area contributed by atoms with E-state index in [-0.39, 0.29) is 12.8 Å². The molecular weight excluding hydrogens is 379 g/mol. The Labute approximate surface area is 172 Å². The second-order valence-electron chi connectivity index (χ2n) is 7.54. The van der Waals surface area contributed by atoms with Crippen LogP contribution in [-0.2, 0) is 9.09 Å². The number of allylic oxidation sites excluding steroid dienone is 1. The quantitative estimate of drug-likeness (QED) is 0.171. The van der Waals surface area contributed by atoms with Crippen LogP contribution < -0.4 is 11.0 Å². The predicted molar refractivity (Wildman–Crippen MR) is 114 cm³/mol. The highest BCUT2D eigenvalue weighted by atomic mass is 31.2. The monoisotopic (exact) mass is 423 g/mol. The molecule has 0 aromatic carbocycles. The zero-order valence-electron chi connectivity index (χ0n) is 18.2. The summed E-state index contributed by atoms with van der Waals surface area (Å²) in [6.07, 6.45) is 18.0. The van der Waals surface area contributed by atoms with Crippen LogP contribution in [0.25, 0.3) is 0 Å². The van der Waals surface area contributed by atoms with Gasteiger partial charge in [-0.05, 0) is 26.9 Å². The Bertz CT molecular complexity index is 415. The Morgan fingerprint density at radius 2 is 1.46 bits per heavy atom. The molecule has 0 radical (unpaired) electrons. The molecule has 1 unspecified atom stereocenters. The topological polar surface area (TPSA) is 128 Å². The smallest absolute Gasteiger partial charge is 0.265 e. The van der Waals surface area contributed by atoms with E-state index < -0.39 is 20.0 Å². The molecular formula is C20H44N2O5P-. The number of phosphoric acid groups is 1. The van der Waals surface area contributed by atoms with E-state index in [1.165, 1.54) is 64.2 Å². The summed E-state index contributed by atoms with van der Waals surface area (Å²) in [7, 11) is -1.32. The highest BCUT2D eigenvalue weighted by Crippen LogP contribution is 2.30. The van der Waals surface area contributed by atoms with Crippen LogP contribution in [0.4, 0.5) is 0 Å². The first kappa shape index (κ1) is 29.9. The van der Waals surface area contributed by atoms with E-state index in [9.17, 15) is 14.6 Å². The zero-order chi connectivity index (χ0) is 20.5. The lowest BCUT2D eigenvalue weighted by Crippen LogP contribution is -2.41. The molecule has 0 aliphatic heterocycles. The van der Waals surface area contributed by atoms with Crippen LogP contribution in [0.1, 0.15) is 84.0 Å². The van der Waals surface area contributed by atoms with E-state index in [1.807, 2.05) is 6.08 Å². The molecule has 0 rings (SSSR count). The van der Waals surface area contributed by atoms with Gasteiger partial charge in [0.25, 0.3) is 7.82 Å². The molecule has 0 saturated heterocycles. The van der Waals surface area contributed by atoms with Crippen molar-refractivity contribution in [2.24, 2.45) is 0 Å². The van der Waals surface area contributed by atoms with Crippen molar-refractivity contribution in [2.45, 2.75) is 96.1 Å². The number of phosphoric ester groups is 1. The van der Waals surface area contributed by atoms with Crippen molar-refractivity contribution in [1.82, 2.24) is 11.1 Å². The van der Waals surface area contributed by atoms with Crippen molar-refractivity contribution in [3.8, 4) is 0 Å². The standard InChI is InChI=1S/C20H42NO5P.H3N/c1-4-5-6-7-8-9-10-11-12-13-14-15-16-17-20(22)19(21(2)3)18-26-27(23,24)25;/h16-17,19-20,22H,4-15,18H2,1-3H3,(H2,23,24,25);1H3/p-1/b17-16+;/t19-,20+;/m0./s1. The minimum Gasteiger partial charge on any atom is -0.756 e. The first-order valence-corrected chi connectivity index (χ1v) is 12.0. The molecule has 0 saturated carbocycles. The van der Waals surface area contributed by atoms with Crippen molar-refractivity contribution >= 4 is 7.82 Å². The summed E-state index contributed by atoms with van der Waals surface area (Å²) >= 11 is 0. The van der Waals surface area contributed by atoms with Crippen LogP contribution in [0.5, 0.6) is 0 Å². The van der Waals surface area contributed by atoms with Crippen LogP contribution in [0.15, 0.2) is 12.2 Å². The third-order valence-electron chi connectivity index (χ3n) is 4.77. The molecule has 0 heterocycles. The van der Waals surface area contributed by atoms with Crippen LogP contribution in [-0.4, -0.2) is 47.7 Å². The number of aliphatic hydroxyl groups excluding tert-OH is 1. The van der Waals surface area contributed by atoms with E-state index >= 15 is 0 Å². The van der Waals surface area contributed by atoms with Crippen molar-refractivity contribution in [2.75, 3.05) is 20.7 Å². The SMILES string of the molecule is CCCCCCCCCCCCC/C=C/[C@@H](O)[C@H](COP(=O)([O-])O)N(C)C.N. The maximum absolute atomic E-state index is 10.7.